The fourth-order valence-corrected chi connectivity index (χ4v) is 2.71. The van der Waals surface area contributed by atoms with Crippen LogP contribution in [0.4, 0.5) is 0 Å². The van der Waals surface area contributed by atoms with Gasteiger partial charge in [0.1, 0.15) is 5.75 Å². The second kappa shape index (κ2) is 7.29. The summed E-state index contributed by atoms with van der Waals surface area (Å²) in [6, 6.07) is 7.46. The first-order valence-corrected chi connectivity index (χ1v) is 7.39. The van der Waals surface area contributed by atoms with E-state index < -0.39 is 6.10 Å². The van der Waals surface area contributed by atoms with E-state index in [1.165, 1.54) is 32.1 Å². The molecule has 110 valence electrons. The van der Waals surface area contributed by atoms with Crippen LogP contribution in [0.2, 0.25) is 0 Å². The lowest BCUT2D eigenvalue weighted by atomic mass is 9.90. The normalized spacial score (nSPS) is 17.6. The number of nitrogens with one attached hydrogen (secondary N) is 1. The maximum atomic E-state index is 9.96. The van der Waals surface area contributed by atoms with Gasteiger partial charge < -0.3 is 15.6 Å². The highest BCUT2D eigenvalue weighted by molar-refractivity contribution is 5.77. The van der Waals surface area contributed by atoms with Crippen molar-refractivity contribution in [3.05, 3.63) is 29.8 Å². The zero-order valence-electron chi connectivity index (χ0n) is 11.8. The van der Waals surface area contributed by atoms with Crippen LogP contribution in [0.25, 0.3) is 0 Å². The molecule has 1 aromatic carbocycles. The molecule has 0 amide bonds. The second-order valence-electron chi connectivity index (χ2n) is 5.63. The van der Waals surface area contributed by atoms with E-state index in [-0.39, 0.29) is 12.3 Å². The summed E-state index contributed by atoms with van der Waals surface area (Å²) < 4.78 is 5.85. The minimum atomic E-state index is -0.731. The third kappa shape index (κ3) is 4.53. The Hall–Kier alpha value is -1.55. The van der Waals surface area contributed by atoms with Crippen molar-refractivity contribution in [2.45, 2.75) is 44.6 Å². The van der Waals surface area contributed by atoms with Crippen LogP contribution in [0, 0.1) is 11.3 Å². The van der Waals surface area contributed by atoms with E-state index in [1.54, 1.807) is 0 Å². The average Bonchev–Trinajstić information content (AvgIpc) is 2.46. The van der Waals surface area contributed by atoms with Gasteiger partial charge in [-0.3, -0.25) is 5.41 Å². The van der Waals surface area contributed by atoms with Gasteiger partial charge in [-0.15, -0.1) is 0 Å². The Morgan fingerprint density at radius 3 is 2.80 bits per heavy atom. The number of rotatable bonds is 6. The number of aliphatic hydroxyl groups is 1. The molecule has 0 aliphatic heterocycles. The smallest absolute Gasteiger partial charge is 0.119 e. The van der Waals surface area contributed by atoms with E-state index in [0.717, 1.165) is 17.9 Å². The molecule has 0 bridgehead atoms. The topological polar surface area (TPSA) is 79.3 Å². The predicted molar refractivity (Wildman–Crippen MR) is 80.0 cm³/mol. The maximum Gasteiger partial charge on any atom is 0.119 e. The molecular formula is C16H24N2O2. The predicted octanol–water partition coefficient (Wildman–Crippen LogP) is 3.01. The monoisotopic (exact) mass is 276 g/mol. The van der Waals surface area contributed by atoms with E-state index in [1.807, 2.05) is 24.3 Å². The van der Waals surface area contributed by atoms with Crippen LogP contribution in [0.1, 0.15) is 50.2 Å². The largest absolute Gasteiger partial charge is 0.493 e. The van der Waals surface area contributed by atoms with Gasteiger partial charge in [0, 0.05) is 6.42 Å². The minimum absolute atomic E-state index is 0.00831. The van der Waals surface area contributed by atoms with Crippen molar-refractivity contribution in [1.82, 2.24) is 0 Å². The van der Waals surface area contributed by atoms with Crippen LogP contribution in [-0.2, 0) is 0 Å². The molecule has 4 N–H and O–H groups in total. The second-order valence-corrected chi connectivity index (χ2v) is 5.63. The van der Waals surface area contributed by atoms with Crippen molar-refractivity contribution in [1.29, 1.82) is 5.41 Å². The summed E-state index contributed by atoms with van der Waals surface area (Å²) in [6.07, 6.45) is 5.91. The van der Waals surface area contributed by atoms with Crippen LogP contribution >= 0.6 is 0 Å². The Labute approximate surface area is 120 Å². The van der Waals surface area contributed by atoms with Crippen LogP contribution in [0.5, 0.6) is 5.75 Å². The highest BCUT2D eigenvalue weighted by atomic mass is 16.5. The number of aliphatic hydroxyl groups excluding tert-OH is 1. The minimum Gasteiger partial charge on any atom is -0.493 e. The molecule has 1 aliphatic carbocycles. The fourth-order valence-electron chi connectivity index (χ4n) is 2.71. The van der Waals surface area contributed by atoms with Crippen molar-refractivity contribution >= 4 is 5.84 Å². The highest BCUT2D eigenvalue weighted by Crippen LogP contribution is 2.26. The lowest BCUT2D eigenvalue weighted by molar-refractivity contribution is 0.183. The molecule has 4 nitrogen and oxygen atoms in total. The molecule has 0 unspecified atom stereocenters. The molecule has 0 saturated heterocycles. The first kappa shape index (κ1) is 14.9. The lowest BCUT2D eigenvalue weighted by Crippen LogP contribution is -2.16. The van der Waals surface area contributed by atoms with Crippen molar-refractivity contribution in [3.8, 4) is 5.75 Å². The molecule has 20 heavy (non-hydrogen) atoms. The summed E-state index contributed by atoms with van der Waals surface area (Å²) in [4.78, 5) is 0. The van der Waals surface area contributed by atoms with Gasteiger partial charge >= 0.3 is 0 Å². The average molecular weight is 276 g/mol. The van der Waals surface area contributed by atoms with Gasteiger partial charge in [-0.25, -0.2) is 0 Å². The van der Waals surface area contributed by atoms with Crippen LogP contribution in [-0.4, -0.2) is 17.5 Å². The molecule has 0 heterocycles. The molecule has 1 aromatic rings. The summed E-state index contributed by atoms with van der Waals surface area (Å²) in [7, 11) is 0. The third-order valence-electron chi connectivity index (χ3n) is 3.87. The zero-order valence-corrected chi connectivity index (χ0v) is 11.8. The summed E-state index contributed by atoms with van der Waals surface area (Å²) >= 11 is 0. The Morgan fingerprint density at radius 1 is 1.35 bits per heavy atom. The Bertz CT molecular complexity index is 442. The van der Waals surface area contributed by atoms with Crippen molar-refractivity contribution < 1.29 is 9.84 Å². The molecule has 1 atom stereocenters. The number of nitrogens with two attached hydrogens (primary N) is 1. The number of hydrogen-bond donors (Lipinski definition) is 3. The van der Waals surface area contributed by atoms with Gasteiger partial charge in [-0.05, 0) is 36.5 Å². The zero-order chi connectivity index (χ0) is 14.4. The van der Waals surface area contributed by atoms with Gasteiger partial charge in [0.05, 0.1) is 18.5 Å². The quantitative estimate of drug-likeness (QED) is 0.552. The fraction of sp³-hybridized carbons (Fsp3) is 0.562. The van der Waals surface area contributed by atoms with Crippen molar-refractivity contribution in [3.63, 3.8) is 0 Å². The van der Waals surface area contributed by atoms with E-state index in [4.69, 9.17) is 15.9 Å². The third-order valence-corrected chi connectivity index (χ3v) is 3.87. The van der Waals surface area contributed by atoms with Crippen LogP contribution in [0.3, 0.4) is 0 Å². The van der Waals surface area contributed by atoms with E-state index in [2.05, 4.69) is 0 Å². The van der Waals surface area contributed by atoms with E-state index in [0.29, 0.717) is 5.92 Å². The summed E-state index contributed by atoms with van der Waals surface area (Å²) in [5, 5.41) is 17.2. The molecule has 1 aliphatic rings. The molecule has 0 spiro atoms. The van der Waals surface area contributed by atoms with Gasteiger partial charge in [0.25, 0.3) is 0 Å². The molecule has 0 radical (unpaired) electrons. The van der Waals surface area contributed by atoms with Crippen molar-refractivity contribution in [2.24, 2.45) is 11.7 Å². The van der Waals surface area contributed by atoms with Gasteiger partial charge in [-0.2, -0.15) is 0 Å². The van der Waals surface area contributed by atoms with Crippen molar-refractivity contribution in [2.75, 3.05) is 6.61 Å². The first-order chi connectivity index (χ1) is 9.65. The molecular weight excluding hydrogens is 252 g/mol. The van der Waals surface area contributed by atoms with Gasteiger partial charge in [0.2, 0.25) is 0 Å². The summed E-state index contributed by atoms with van der Waals surface area (Å²) in [5.41, 5.74) is 6.07. The molecule has 0 aromatic heterocycles. The lowest BCUT2D eigenvalue weighted by Gasteiger charge is -2.22. The van der Waals surface area contributed by atoms with Crippen LogP contribution in [0.15, 0.2) is 24.3 Å². The number of amidine groups is 1. The first-order valence-electron chi connectivity index (χ1n) is 7.39. The number of hydrogen-bond acceptors (Lipinski definition) is 3. The van der Waals surface area contributed by atoms with Crippen LogP contribution < -0.4 is 10.5 Å². The van der Waals surface area contributed by atoms with Gasteiger partial charge in [0.15, 0.2) is 0 Å². The SMILES string of the molecule is N=C(N)C[C@@H](O)c1cccc(OCC2CCCCC2)c1. The van der Waals surface area contributed by atoms with Gasteiger partial charge in [-0.1, -0.05) is 31.4 Å². The molecule has 2 rings (SSSR count). The van der Waals surface area contributed by atoms with E-state index in [9.17, 15) is 5.11 Å². The number of benzene rings is 1. The maximum absolute atomic E-state index is 9.96. The molecule has 4 heteroatoms. The Kier molecular flexibility index (Phi) is 5.41. The Morgan fingerprint density at radius 2 is 2.10 bits per heavy atom. The standard InChI is InChI=1S/C16H24N2O2/c17-16(18)10-15(19)13-7-4-8-14(9-13)20-11-12-5-2-1-3-6-12/h4,7-9,12,15,19H,1-3,5-6,10-11H2,(H3,17,18)/t15-/m1/s1. The summed E-state index contributed by atoms with van der Waals surface area (Å²) in [6.45, 7) is 0.756. The van der Waals surface area contributed by atoms with E-state index >= 15 is 0 Å². The molecule has 1 saturated carbocycles. The Balaban J connectivity index is 1.89. The summed E-state index contributed by atoms with van der Waals surface area (Å²) in [5.74, 6) is 1.44. The number of ether oxygens (including phenoxy) is 1. The highest BCUT2D eigenvalue weighted by Gasteiger charge is 2.14. The molecule has 1 fully saturated rings.